The molecule has 4 aromatic rings. The molecular formula is C19H17Cl2N7OS. The number of nitrogen functional groups attached to an aromatic ring is 1. The molecule has 0 spiro atoms. The van der Waals surface area contributed by atoms with Gasteiger partial charge in [0.2, 0.25) is 5.95 Å². The molecule has 0 bridgehead atoms. The van der Waals surface area contributed by atoms with Crippen molar-refractivity contribution in [1.82, 2.24) is 19.4 Å². The highest BCUT2D eigenvalue weighted by Crippen LogP contribution is 2.30. The number of anilines is 3. The minimum absolute atomic E-state index is 0.0967. The van der Waals surface area contributed by atoms with E-state index in [1.807, 2.05) is 22.7 Å². The molecule has 4 N–H and O–H groups in total. The maximum Gasteiger partial charge on any atom is 0.209 e. The van der Waals surface area contributed by atoms with Crippen LogP contribution in [0.25, 0.3) is 16.9 Å². The molecular weight excluding hydrogens is 445 g/mol. The number of fused-ring (bicyclic) bond motifs is 1. The fraction of sp³-hybridized carbons (Fsp3) is 0.158. The number of benzene rings is 1. The molecule has 0 unspecified atom stereocenters. The number of halogens is 2. The van der Waals surface area contributed by atoms with Gasteiger partial charge in [-0.15, -0.1) is 0 Å². The number of nitrogens with one attached hydrogen (secondary N) is 2. The monoisotopic (exact) mass is 461 g/mol. The summed E-state index contributed by atoms with van der Waals surface area (Å²) in [5.74, 6) is 0.772. The Morgan fingerprint density at radius 3 is 2.73 bits per heavy atom. The van der Waals surface area contributed by atoms with Gasteiger partial charge in [0.15, 0.2) is 10.9 Å². The van der Waals surface area contributed by atoms with Crippen molar-refractivity contribution in [1.29, 1.82) is 0 Å². The molecule has 0 atom stereocenters. The molecule has 0 saturated carbocycles. The predicted molar refractivity (Wildman–Crippen MR) is 122 cm³/mol. The van der Waals surface area contributed by atoms with Crippen molar-refractivity contribution in [3.63, 3.8) is 0 Å². The van der Waals surface area contributed by atoms with Gasteiger partial charge in [0, 0.05) is 49.1 Å². The predicted octanol–water partition coefficient (Wildman–Crippen LogP) is 4.47. The Kier molecular flexibility index (Phi) is 5.76. The first kappa shape index (κ1) is 20.4. The lowest BCUT2D eigenvalue weighted by atomic mass is 10.1. The lowest BCUT2D eigenvalue weighted by Gasteiger charge is -2.11. The molecule has 11 heteroatoms. The second-order valence-electron chi connectivity index (χ2n) is 6.39. The smallest absolute Gasteiger partial charge is 0.209 e. The quantitative estimate of drug-likeness (QED) is 0.275. The molecule has 30 heavy (non-hydrogen) atoms. The van der Waals surface area contributed by atoms with Gasteiger partial charge in [-0.2, -0.15) is 0 Å². The molecule has 4 rings (SSSR count). The van der Waals surface area contributed by atoms with E-state index in [0.29, 0.717) is 44.8 Å². The van der Waals surface area contributed by atoms with Gasteiger partial charge in [0.25, 0.3) is 0 Å². The number of imidazole rings is 1. The number of aromatic nitrogens is 4. The maximum atomic E-state index is 11.5. The lowest BCUT2D eigenvalue weighted by Crippen LogP contribution is -2.16. The summed E-state index contributed by atoms with van der Waals surface area (Å²) in [6.07, 6.45) is 3.53. The first-order valence-corrected chi connectivity index (χ1v) is 10.5. The topological polar surface area (TPSA) is 110 Å². The molecule has 8 nitrogen and oxygen atoms in total. The summed E-state index contributed by atoms with van der Waals surface area (Å²) < 4.78 is 1.85. The number of Topliss-reactive ketones (excluding diaryl/α,β-unsaturated/α-hetero) is 1. The normalized spacial score (nSPS) is 11.0. The third-order valence-corrected chi connectivity index (χ3v) is 5.93. The van der Waals surface area contributed by atoms with Crippen LogP contribution in [0.1, 0.15) is 16.6 Å². The molecule has 1 aromatic carbocycles. The van der Waals surface area contributed by atoms with Gasteiger partial charge in [0.1, 0.15) is 16.3 Å². The summed E-state index contributed by atoms with van der Waals surface area (Å²) in [6.45, 7) is 2.57. The average molecular weight is 462 g/mol. The number of hydrogen-bond donors (Lipinski definition) is 3. The van der Waals surface area contributed by atoms with Crippen LogP contribution < -0.4 is 16.4 Å². The van der Waals surface area contributed by atoms with Crippen LogP contribution in [0.2, 0.25) is 10.0 Å². The largest absolute Gasteiger partial charge is 0.382 e. The van der Waals surface area contributed by atoms with Gasteiger partial charge in [0.05, 0.1) is 10.7 Å². The Balaban J connectivity index is 1.50. The number of carbonyl (C=O) groups is 1. The Morgan fingerprint density at radius 2 is 2.00 bits per heavy atom. The minimum atomic E-state index is -0.0967. The third kappa shape index (κ3) is 4.18. The van der Waals surface area contributed by atoms with Crippen molar-refractivity contribution in [3.8, 4) is 11.3 Å². The Labute approximate surface area is 186 Å². The van der Waals surface area contributed by atoms with E-state index >= 15 is 0 Å². The number of carbonyl (C=O) groups excluding carboxylic acids is 1. The van der Waals surface area contributed by atoms with E-state index in [9.17, 15) is 4.79 Å². The van der Waals surface area contributed by atoms with Gasteiger partial charge in [-0.25, -0.2) is 15.0 Å². The number of thiazole rings is 1. The molecule has 3 aromatic heterocycles. The van der Waals surface area contributed by atoms with Crippen LogP contribution >= 0.6 is 34.5 Å². The number of hydrogen-bond acceptors (Lipinski definition) is 8. The van der Waals surface area contributed by atoms with Gasteiger partial charge >= 0.3 is 0 Å². The Bertz CT molecular complexity index is 1240. The third-order valence-electron chi connectivity index (χ3n) is 4.25. The maximum absolute atomic E-state index is 11.5. The van der Waals surface area contributed by atoms with Crippen LogP contribution in [0.15, 0.2) is 36.7 Å². The van der Waals surface area contributed by atoms with Gasteiger partial charge in [-0.05, 0) is 18.2 Å². The highest BCUT2D eigenvalue weighted by Gasteiger charge is 2.13. The molecule has 0 aliphatic carbocycles. The van der Waals surface area contributed by atoms with Crippen LogP contribution in [0.5, 0.6) is 0 Å². The molecule has 3 heterocycles. The first-order valence-electron chi connectivity index (χ1n) is 8.97. The lowest BCUT2D eigenvalue weighted by molar-refractivity contribution is 0.102. The molecule has 0 radical (unpaired) electrons. The van der Waals surface area contributed by atoms with E-state index < -0.39 is 0 Å². The first-order chi connectivity index (χ1) is 14.4. The van der Waals surface area contributed by atoms with Crippen molar-refractivity contribution in [2.75, 3.05) is 29.5 Å². The van der Waals surface area contributed by atoms with Crippen LogP contribution in [0.4, 0.5) is 16.9 Å². The van der Waals surface area contributed by atoms with E-state index in [-0.39, 0.29) is 11.6 Å². The van der Waals surface area contributed by atoms with E-state index in [4.69, 9.17) is 33.9 Å². The standard InChI is InChI=1S/C19H17Cl2N7OS/c1-10(29)16-17(22)27-19(30-16)25-5-4-24-18-26-14(9-15-23-6-7-28(15)18)12-3-2-11(20)8-13(12)21/h2-3,6-9H,4-5,22H2,1H3,(H,24,26)(H,25,27). The summed E-state index contributed by atoms with van der Waals surface area (Å²) in [6, 6.07) is 7.14. The van der Waals surface area contributed by atoms with E-state index in [1.165, 1.54) is 18.3 Å². The highest BCUT2D eigenvalue weighted by molar-refractivity contribution is 7.18. The second-order valence-corrected chi connectivity index (χ2v) is 8.23. The fourth-order valence-corrected chi connectivity index (χ4v) is 4.20. The van der Waals surface area contributed by atoms with Gasteiger partial charge in [-0.3, -0.25) is 9.20 Å². The molecule has 154 valence electrons. The van der Waals surface area contributed by atoms with Gasteiger partial charge in [-0.1, -0.05) is 34.5 Å². The van der Waals surface area contributed by atoms with Crippen molar-refractivity contribution >= 4 is 62.9 Å². The summed E-state index contributed by atoms with van der Waals surface area (Å²) >= 11 is 13.6. The minimum Gasteiger partial charge on any atom is -0.382 e. The highest BCUT2D eigenvalue weighted by atomic mass is 35.5. The molecule has 0 fully saturated rings. The van der Waals surface area contributed by atoms with Crippen molar-refractivity contribution in [2.24, 2.45) is 0 Å². The summed E-state index contributed by atoms with van der Waals surface area (Å²) in [5, 5.41) is 8.12. The summed E-state index contributed by atoms with van der Waals surface area (Å²) in [7, 11) is 0. The number of nitrogens with two attached hydrogens (primary N) is 1. The zero-order valence-electron chi connectivity index (χ0n) is 15.8. The van der Waals surface area contributed by atoms with Crippen LogP contribution in [0.3, 0.4) is 0 Å². The fourth-order valence-electron chi connectivity index (χ4n) is 2.89. The number of ketones is 1. The molecule has 0 saturated heterocycles. The molecule has 0 amide bonds. The SMILES string of the molecule is CC(=O)c1sc(NCCNc2nc(-c3ccc(Cl)cc3Cl)cc3nccn23)nc1N. The molecule has 0 aliphatic heterocycles. The molecule has 0 aliphatic rings. The average Bonchev–Trinajstić information content (AvgIpc) is 3.31. The Hall–Kier alpha value is -2.88. The van der Waals surface area contributed by atoms with E-state index in [2.05, 4.69) is 20.6 Å². The van der Waals surface area contributed by atoms with Crippen molar-refractivity contribution in [2.45, 2.75) is 6.92 Å². The number of nitrogens with zero attached hydrogens (tertiary/aromatic N) is 4. The van der Waals surface area contributed by atoms with Crippen molar-refractivity contribution < 1.29 is 4.79 Å². The summed E-state index contributed by atoms with van der Waals surface area (Å²) in [5.41, 5.74) is 7.95. The zero-order valence-corrected chi connectivity index (χ0v) is 18.1. The van der Waals surface area contributed by atoms with Crippen molar-refractivity contribution in [3.05, 3.63) is 51.6 Å². The van der Waals surface area contributed by atoms with Crippen LogP contribution in [-0.4, -0.2) is 38.2 Å². The zero-order chi connectivity index (χ0) is 21.3. The van der Waals surface area contributed by atoms with E-state index in [0.717, 1.165) is 11.2 Å². The van der Waals surface area contributed by atoms with E-state index in [1.54, 1.807) is 18.3 Å². The van der Waals surface area contributed by atoms with Gasteiger partial charge < -0.3 is 16.4 Å². The van der Waals surface area contributed by atoms with Crippen LogP contribution in [0, 0.1) is 0 Å². The van der Waals surface area contributed by atoms with Crippen LogP contribution in [-0.2, 0) is 0 Å². The Morgan fingerprint density at radius 1 is 1.20 bits per heavy atom. The summed E-state index contributed by atoms with van der Waals surface area (Å²) in [4.78, 5) is 25.2. The second kappa shape index (κ2) is 8.47. The number of rotatable bonds is 7.